The molecule has 1 aliphatic heterocycles. The summed E-state index contributed by atoms with van der Waals surface area (Å²) in [5.41, 5.74) is 4.96. The second kappa shape index (κ2) is 12.8. The van der Waals surface area contributed by atoms with Gasteiger partial charge in [0, 0.05) is 39.3 Å². The lowest BCUT2D eigenvalue weighted by Gasteiger charge is -2.32. The van der Waals surface area contributed by atoms with Gasteiger partial charge in [0.2, 0.25) is 5.91 Å². The van der Waals surface area contributed by atoms with Gasteiger partial charge in [-0.3, -0.25) is 14.3 Å². The number of fused-ring (bicyclic) bond motifs is 1. The second-order valence-electron chi connectivity index (χ2n) is 10.3. The average molecular weight is 517 g/mol. The maximum Gasteiger partial charge on any atom is 0.257 e. The van der Waals surface area contributed by atoms with Gasteiger partial charge in [-0.05, 0) is 69.2 Å². The first-order valence-corrected chi connectivity index (χ1v) is 13.6. The van der Waals surface area contributed by atoms with Gasteiger partial charge in [-0.25, -0.2) is 0 Å². The number of nitrogens with zero attached hydrogens (tertiary/aromatic N) is 4. The van der Waals surface area contributed by atoms with Crippen LogP contribution in [0.2, 0.25) is 0 Å². The molecule has 0 saturated heterocycles. The Bertz CT molecular complexity index is 1240. The number of aromatic nitrogens is 2. The molecule has 3 aromatic rings. The van der Waals surface area contributed by atoms with Crippen molar-refractivity contribution in [3.05, 3.63) is 82.7 Å². The average Bonchev–Trinajstić information content (AvgIpc) is 3.17. The third-order valence-corrected chi connectivity index (χ3v) is 7.61. The normalized spacial score (nSPS) is 17.2. The van der Waals surface area contributed by atoms with Crippen LogP contribution in [0.25, 0.3) is 0 Å². The Morgan fingerprint density at radius 2 is 1.68 bits per heavy atom. The van der Waals surface area contributed by atoms with Gasteiger partial charge in [-0.2, -0.15) is 5.10 Å². The van der Waals surface area contributed by atoms with Gasteiger partial charge in [0.1, 0.15) is 12.4 Å². The molecule has 0 bridgehead atoms. The van der Waals surface area contributed by atoms with Crippen LogP contribution in [0.3, 0.4) is 0 Å². The first-order valence-electron chi connectivity index (χ1n) is 13.6. The first-order chi connectivity index (χ1) is 18.3. The van der Waals surface area contributed by atoms with Gasteiger partial charge < -0.3 is 14.5 Å². The van der Waals surface area contributed by atoms with E-state index >= 15 is 0 Å². The molecule has 2 amide bonds. The number of benzene rings is 2. The van der Waals surface area contributed by atoms with E-state index in [-0.39, 0.29) is 17.9 Å². The number of aryl methyl sites for hydroxylation is 2. The number of carbonyl (C=O) groups is 2. The van der Waals surface area contributed by atoms with Gasteiger partial charge in [0.15, 0.2) is 0 Å². The van der Waals surface area contributed by atoms with Crippen molar-refractivity contribution in [3.8, 4) is 5.75 Å². The molecule has 1 atom stereocenters. The van der Waals surface area contributed by atoms with Crippen molar-refractivity contribution in [2.75, 3.05) is 26.7 Å². The zero-order valence-electron chi connectivity index (χ0n) is 23.2. The van der Waals surface area contributed by atoms with Crippen molar-refractivity contribution in [1.29, 1.82) is 0 Å². The van der Waals surface area contributed by atoms with Crippen LogP contribution >= 0.6 is 0 Å². The highest BCUT2D eigenvalue weighted by atomic mass is 16.5. The quantitative estimate of drug-likeness (QED) is 0.491. The standard InChI is InChI=1S/C31H40N4O3/c1-23-27(24(2)34(4)32-23)17-18-30(36)35-20-12-6-11-19-33(3)31(37)28-15-9-10-16-29(28)38-22-26(35)21-25-13-7-5-8-14-25/h5,7-10,13-16,26H,6,11-12,17-22H2,1-4H3/t26-/m0/s1. The van der Waals surface area contributed by atoms with E-state index in [0.29, 0.717) is 50.3 Å². The highest BCUT2D eigenvalue weighted by Crippen LogP contribution is 2.23. The number of rotatable bonds is 5. The highest BCUT2D eigenvalue weighted by molar-refractivity contribution is 5.96. The first kappa shape index (κ1) is 27.4. The molecule has 0 spiro atoms. The molecular formula is C31H40N4O3. The third-order valence-electron chi connectivity index (χ3n) is 7.61. The third kappa shape index (κ3) is 6.63. The van der Waals surface area contributed by atoms with E-state index in [1.165, 1.54) is 0 Å². The monoisotopic (exact) mass is 516 g/mol. The lowest BCUT2D eigenvalue weighted by atomic mass is 10.0. The largest absolute Gasteiger partial charge is 0.491 e. The fraction of sp³-hybridized carbons (Fsp3) is 0.452. The van der Waals surface area contributed by atoms with Crippen LogP contribution in [0.15, 0.2) is 54.6 Å². The molecular weight excluding hydrogens is 476 g/mol. The topological polar surface area (TPSA) is 67.7 Å². The Kier molecular flexibility index (Phi) is 9.21. The number of para-hydroxylation sites is 1. The summed E-state index contributed by atoms with van der Waals surface area (Å²) >= 11 is 0. The number of amides is 2. The summed E-state index contributed by atoms with van der Waals surface area (Å²) in [4.78, 5) is 30.7. The minimum absolute atomic E-state index is 0.0328. The van der Waals surface area contributed by atoms with Crippen LogP contribution in [-0.2, 0) is 24.7 Å². The number of hydrogen-bond acceptors (Lipinski definition) is 4. The molecule has 0 saturated carbocycles. The van der Waals surface area contributed by atoms with Crippen molar-refractivity contribution < 1.29 is 14.3 Å². The highest BCUT2D eigenvalue weighted by Gasteiger charge is 2.27. The molecule has 0 radical (unpaired) electrons. The molecule has 0 aliphatic carbocycles. The van der Waals surface area contributed by atoms with E-state index in [4.69, 9.17) is 4.74 Å². The van der Waals surface area contributed by atoms with Crippen LogP contribution < -0.4 is 4.74 Å². The molecule has 7 nitrogen and oxygen atoms in total. The van der Waals surface area contributed by atoms with Crippen molar-refractivity contribution in [3.63, 3.8) is 0 Å². The summed E-state index contributed by atoms with van der Waals surface area (Å²) in [6.07, 6.45) is 4.51. The van der Waals surface area contributed by atoms with E-state index < -0.39 is 0 Å². The van der Waals surface area contributed by atoms with Crippen LogP contribution in [-0.4, -0.2) is 64.2 Å². The summed E-state index contributed by atoms with van der Waals surface area (Å²) in [6, 6.07) is 17.5. The minimum Gasteiger partial charge on any atom is -0.491 e. The van der Waals surface area contributed by atoms with Crippen molar-refractivity contribution in [2.24, 2.45) is 7.05 Å². The maximum absolute atomic E-state index is 13.8. The Morgan fingerprint density at radius 1 is 0.974 bits per heavy atom. The molecule has 7 heteroatoms. The zero-order chi connectivity index (χ0) is 27.1. The lowest BCUT2D eigenvalue weighted by molar-refractivity contribution is -0.134. The number of carbonyl (C=O) groups excluding carboxylic acids is 2. The van der Waals surface area contributed by atoms with Crippen molar-refractivity contribution >= 4 is 11.8 Å². The molecule has 2 aromatic carbocycles. The Balaban J connectivity index is 1.61. The molecule has 4 rings (SSSR count). The fourth-order valence-corrected chi connectivity index (χ4v) is 5.28. The Morgan fingerprint density at radius 3 is 2.42 bits per heavy atom. The molecule has 38 heavy (non-hydrogen) atoms. The van der Waals surface area contributed by atoms with Crippen molar-refractivity contribution in [2.45, 2.75) is 58.4 Å². The number of hydrogen-bond donors (Lipinski definition) is 0. The SMILES string of the molecule is Cc1nn(C)c(C)c1CCC(=O)N1CCCCCN(C)C(=O)c2ccccc2OC[C@@H]1Cc1ccccc1. The van der Waals surface area contributed by atoms with Gasteiger partial charge in [0.25, 0.3) is 5.91 Å². The summed E-state index contributed by atoms with van der Waals surface area (Å²) in [6.45, 7) is 5.73. The Labute approximate surface area is 226 Å². The van der Waals surface area contributed by atoms with E-state index in [0.717, 1.165) is 41.8 Å². The Hall–Kier alpha value is -3.61. The van der Waals surface area contributed by atoms with Gasteiger partial charge in [-0.15, -0.1) is 0 Å². The minimum atomic E-state index is -0.150. The molecule has 1 aromatic heterocycles. The van der Waals surface area contributed by atoms with E-state index in [1.807, 2.05) is 73.1 Å². The number of ether oxygens (including phenoxy) is 1. The molecule has 202 valence electrons. The maximum atomic E-state index is 13.8. The molecule has 2 heterocycles. The van der Waals surface area contributed by atoms with E-state index in [9.17, 15) is 9.59 Å². The summed E-state index contributed by atoms with van der Waals surface area (Å²) in [5.74, 6) is 0.666. The summed E-state index contributed by atoms with van der Waals surface area (Å²) in [5, 5.41) is 4.52. The van der Waals surface area contributed by atoms with Gasteiger partial charge in [0.05, 0.1) is 17.3 Å². The molecule has 0 fully saturated rings. The summed E-state index contributed by atoms with van der Waals surface area (Å²) in [7, 11) is 3.79. The van der Waals surface area contributed by atoms with Gasteiger partial charge >= 0.3 is 0 Å². The van der Waals surface area contributed by atoms with Crippen LogP contribution in [0.4, 0.5) is 0 Å². The predicted molar refractivity (Wildman–Crippen MR) is 149 cm³/mol. The lowest BCUT2D eigenvalue weighted by Crippen LogP contribution is -2.45. The van der Waals surface area contributed by atoms with Crippen molar-refractivity contribution in [1.82, 2.24) is 19.6 Å². The van der Waals surface area contributed by atoms with Crippen LogP contribution in [0.5, 0.6) is 5.75 Å². The van der Waals surface area contributed by atoms with Crippen LogP contribution in [0.1, 0.15) is 58.6 Å². The molecule has 0 N–H and O–H groups in total. The van der Waals surface area contributed by atoms with E-state index in [2.05, 4.69) is 24.2 Å². The van der Waals surface area contributed by atoms with Crippen LogP contribution in [0, 0.1) is 13.8 Å². The van der Waals surface area contributed by atoms with Gasteiger partial charge in [-0.1, -0.05) is 42.5 Å². The fourth-order valence-electron chi connectivity index (χ4n) is 5.28. The van der Waals surface area contributed by atoms with E-state index in [1.54, 1.807) is 4.90 Å². The molecule has 1 aliphatic rings. The predicted octanol–water partition coefficient (Wildman–Crippen LogP) is 4.74. The zero-order valence-corrected chi connectivity index (χ0v) is 23.2. The molecule has 0 unspecified atom stereocenters. The summed E-state index contributed by atoms with van der Waals surface area (Å²) < 4.78 is 8.22. The smallest absolute Gasteiger partial charge is 0.257 e. The second-order valence-corrected chi connectivity index (χ2v) is 10.3.